The maximum Gasteiger partial charge on any atom is 0.330 e. The van der Waals surface area contributed by atoms with E-state index in [1.807, 2.05) is 18.2 Å². The lowest BCUT2D eigenvalue weighted by molar-refractivity contribution is -0.134. The number of halogens is 1. The van der Waals surface area contributed by atoms with E-state index in [9.17, 15) is 4.79 Å². The molecule has 0 radical (unpaired) electrons. The molecule has 0 fully saturated rings. The molecule has 0 aliphatic carbocycles. The van der Waals surface area contributed by atoms with Crippen LogP contribution in [0.3, 0.4) is 0 Å². The quantitative estimate of drug-likeness (QED) is 0.626. The first-order chi connectivity index (χ1) is 7.17. The Balaban J connectivity index is 2.94. The van der Waals surface area contributed by atoms with E-state index in [2.05, 4.69) is 20.7 Å². The van der Waals surface area contributed by atoms with Gasteiger partial charge in [-0.2, -0.15) is 0 Å². The van der Waals surface area contributed by atoms with Gasteiger partial charge in [-0.1, -0.05) is 22.0 Å². The van der Waals surface area contributed by atoms with Gasteiger partial charge in [-0.15, -0.1) is 0 Å². The zero-order chi connectivity index (χ0) is 11.3. The molecule has 0 aliphatic rings. The fourth-order valence-corrected chi connectivity index (χ4v) is 1.39. The molecular formula is C11H11BrO3. The Bertz CT molecular complexity index is 385. The highest BCUT2D eigenvalue weighted by Crippen LogP contribution is 2.24. The van der Waals surface area contributed by atoms with Crippen LogP contribution in [0.4, 0.5) is 0 Å². The number of ether oxygens (including phenoxy) is 2. The predicted molar refractivity (Wildman–Crippen MR) is 61.7 cm³/mol. The van der Waals surface area contributed by atoms with Crippen LogP contribution >= 0.6 is 15.9 Å². The van der Waals surface area contributed by atoms with Crippen LogP contribution in [0.2, 0.25) is 0 Å². The molecule has 0 amide bonds. The molecule has 15 heavy (non-hydrogen) atoms. The number of carbonyl (C=O) groups excluding carboxylic acids is 1. The molecule has 0 heterocycles. The van der Waals surface area contributed by atoms with Crippen molar-refractivity contribution in [2.75, 3.05) is 14.2 Å². The fraction of sp³-hybridized carbons (Fsp3) is 0.182. The molecule has 0 saturated carbocycles. The Hall–Kier alpha value is -1.29. The molecule has 0 spiro atoms. The lowest BCUT2D eigenvalue weighted by atomic mass is 10.2. The van der Waals surface area contributed by atoms with Gasteiger partial charge in [0.15, 0.2) is 0 Å². The van der Waals surface area contributed by atoms with Gasteiger partial charge in [0, 0.05) is 16.1 Å². The highest BCUT2D eigenvalue weighted by molar-refractivity contribution is 9.10. The summed E-state index contributed by atoms with van der Waals surface area (Å²) < 4.78 is 10.6. The van der Waals surface area contributed by atoms with Crippen LogP contribution in [-0.4, -0.2) is 20.2 Å². The van der Waals surface area contributed by atoms with E-state index < -0.39 is 0 Å². The number of benzene rings is 1. The summed E-state index contributed by atoms with van der Waals surface area (Å²) in [4.78, 5) is 10.9. The zero-order valence-electron chi connectivity index (χ0n) is 8.49. The van der Waals surface area contributed by atoms with E-state index in [4.69, 9.17) is 4.74 Å². The summed E-state index contributed by atoms with van der Waals surface area (Å²) in [7, 11) is 2.92. The second-order valence-electron chi connectivity index (χ2n) is 2.74. The van der Waals surface area contributed by atoms with Crippen LogP contribution in [0, 0.1) is 0 Å². The van der Waals surface area contributed by atoms with Crippen LogP contribution in [-0.2, 0) is 9.53 Å². The lowest BCUT2D eigenvalue weighted by Gasteiger charge is -2.04. The Labute approximate surface area is 96.8 Å². The molecule has 0 bridgehead atoms. The van der Waals surface area contributed by atoms with Crippen molar-refractivity contribution in [3.05, 3.63) is 34.3 Å². The summed E-state index contributed by atoms with van der Waals surface area (Å²) in [5, 5.41) is 0. The van der Waals surface area contributed by atoms with Crippen molar-refractivity contribution in [3.8, 4) is 5.75 Å². The monoisotopic (exact) mass is 270 g/mol. The average molecular weight is 271 g/mol. The average Bonchev–Trinajstić information content (AvgIpc) is 2.26. The summed E-state index contributed by atoms with van der Waals surface area (Å²) in [5.74, 6) is 0.310. The second kappa shape index (κ2) is 5.56. The Morgan fingerprint density at radius 3 is 2.73 bits per heavy atom. The van der Waals surface area contributed by atoms with E-state index in [1.165, 1.54) is 13.2 Å². The van der Waals surface area contributed by atoms with E-state index in [-0.39, 0.29) is 5.97 Å². The number of esters is 1. The van der Waals surface area contributed by atoms with Crippen LogP contribution in [0.25, 0.3) is 6.08 Å². The minimum atomic E-state index is -0.389. The van der Waals surface area contributed by atoms with E-state index in [1.54, 1.807) is 13.2 Å². The van der Waals surface area contributed by atoms with Gasteiger partial charge in [-0.3, -0.25) is 0 Å². The van der Waals surface area contributed by atoms with Gasteiger partial charge in [0.25, 0.3) is 0 Å². The molecule has 80 valence electrons. The Kier molecular flexibility index (Phi) is 4.37. The number of carbonyl (C=O) groups is 1. The molecule has 0 aromatic heterocycles. The highest BCUT2D eigenvalue weighted by Gasteiger charge is 2.00. The molecule has 0 aliphatic heterocycles. The van der Waals surface area contributed by atoms with Crippen molar-refractivity contribution < 1.29 is 14.3 Å². The summed E-state index contributed by atoms with van der Waals surface area (Å²) in [6.45, 7) is 0. The van der Waals surface area contributed by atoms with E-state index in [0.29, 0.717) is 5.75 Å². The minimum absolute atomic E-state index is 0.389. The van der Waals surface area contributed by atoms with Crippen molar-refractivity contribution in [1.29, 1.82) is 0 Å². The lowest BCUT2D eigenvalue weighted by Crippen LogP contribution is -1.94. The van der Waals surface area contributed by atoms with E-state index >= 15 is 0 Å². The Morgan fingerprint density at radius 1 is 1.40 bits per heavy atom. The third-order valence-corrected chi connectivity index (χ3v) is 2.29. The molecular weight excluding hydrogens is 260 g/mol. The zero-order valence-corrected chi connectivity index (χ0v) is 10.1. The first-order valence-corrected chi connectivity index (χ1v) is 5.06. The molecule has 0 saturated heterocycles. The van der Waals surface area contributed by atoms with Crippen LogP contribution in [0.15, 0.2) is 28.7 Å². The molecule has 0 unspecified atom stereocenters. The van der Waals surface area contributed by atoms with E-state index in [0.717, 1.165) is 10.0 Å². The first kappa shape index (κ1) is 11.8. The fourth-order valence-electron chi connectivity index (χ4n) is 1.05. The van der Waals surface area contributed by atoms with Gasteiger partial charge in [0.2, 0.25) is 0 Å². The molecule has 1 rings (SSSR count). The number of hydrogen-bond donors (Lipinski definition) is 0. The smallest absolute Gasteiger partial charge is 0.330 e. The van der Waals surface area contributed by atoms with Crippen LogP contribution in [0.1, 0.15) is 5.56 Å². The number of methoxy groups -OCH3 is 2. The maximum atomic E-state index is 10.9. The van der Waals surface area contributed by atoms with Gasteiger partial charge in [-0.25, -0.2) is 4.79 Å². The maximum absolute atomic E-state index is 10.9. The molecule has 4 heteroatoms. The number of hydrogen-bond acceptors (Lipinski definition) is 3. The van der Waals surface area contributed by atoms with Crippen molar-refractivity contribution >= 4 is 28.0 Å². The summed E-state index contributed by atoms with van der Waals surface area (Å²) >= 11 is 3.34. The topological polar surface area (TPSA) is 35.5 Å². The highest BCUT2D eigenvalue weighted by atomic mass is 79.9. The second-order valence-corrected chi connectivity index (χ2v) is 3.66. The van der Waals surface area contributed by atoms with Crippen molar-refractivity contribution in [2.45, 2.75) is 0 Å². The number of rotatable bonds is 3. The molecule has 0 atom stereocenters. The SMILES string of the molecule is COC(=O)/C=C/c1ccc(Br)cc1OC. The molecule has 3 nitrogen and oxygen atoms in total. The standard InChI is InChI=1S/C11H11BrO3/c1-14-10-7-9(12)5-3-8(10)4-6-11(13)15-2/h3-7H,1-2H3/b6-4+. The van der Waals surface area contributed by atoms with Gasteiger partial charge in [0.1, 0.15) is 5.75 Å². The van der Waals surface area contributed by atoms with Gasteiger partial charge >= 0.3 is 5.97 Å². The minimum Gasteiger partial charge on any atom is -0.496 e. The normalized spacial score (nSPS) is 10.3. The molecule has 1 aromatic rings. The third kappa shape index (κ3) is 3.40. The Morgan fingerprint density at radius 2 is 2.13 bits per heavy atom. The molecule has 0 N–H and O–H groups in total. The van der Waals surface area contributed by atoms with Crippen molar-refractivity contribution in [3.63, 3.8) is 0 Å². The van der Waals surface area contributed by atoms with Crippen LogP contribution in [0.5, 0.6) is 5.75 Å². The van der Waals surface area contributed by atoms with Crippen molar-refractivity contribution in [2.24, 2.45) is 0 Å². The summed E-state index contributed by atoms with van der Waals surface area (Å²) in [6, 6.07) is 5.55. The van der Waals surface area contributed by atoms with Gasteiger partial charge < -0.3 is 9.47 Å². The molecule has 1 aromatic carbocycles. The summed E-state index contributed by atoms with van der Waals surface area (Å²) in [6.07, 6.45) is 3.00. The van der Waals surface area contributed by atoms with Crippen LogP contribution < -0.4 is 4.74 Å². The first-order valence-electron chi connectivity index (χ1n) is 4.27. The largest absolute Gasteiger partial charge is 0.496 e. The third-order valence-electron chi connectivity index (χ3n) is 1.80. The summed E-state index contributed by atoms with van der Waals surface area (Å²) in [5.41, 5.74) is 0.825. The van der Waals surface area contributed by atoms with Gasteiger partial charge in [-0.05, 0) is 18.2 Å². The predicted octanol–water partition coefficient (Wildman–Crippen LogP) is 2.64. The van der Waals surface area contributed by atoms with Gasteiger partial charge in [0.05, 0.1) is 14.2 Å². The van der Waals surface area contributed by atoms with Crippen molar-refractivity contribution in [1.82, 2.24) is 0 Å².